The van der Waals surface area contributed by atoms with Gasteiger partial charge in [0.05, 0.1) is 24.4 Å². The summed E-state index contributed by atoms with van der Waals surface area (Å²) in [5.74, 6) is 0.167. The van der Waals surface area contributed by atoms with Crippen LogP contribution in [0.5, 0.6) is 0 Å². The molecule has 0 aliphatic carbocycles. The predicted molar refractivity (Wildman–Crippen MR) is 88.9 cm³/mol. The Morgan fingerprint density at radius 3 is 2.75 bits per heavy atom. The molecule has 128 valence electrons. The van der Waals surface area contributed by atoms with Gasteiger partial charge in [0.25, 0.3) is 0 Å². The van der Waals surface area contributed by atoms with Crippen molar-refractivity contribution in [3.63, 3.8) is 0 Å². The van der Waals surface area contributed by atoms with Crippen LogP contribution in [0.1, 0.15) is 19.5 Å². The van der Waals surface area contributed by atoms with Gasteiger partial charge in [-0.3, -0.25) is 5.32 Å². The van der Waals surface area contributed by atoms with E-state index in [-0.39, 0.29) is 24.0 Å². The van der Waals surface area contributed by atoms with Gasteiger partial charge in [0, 0.05) is 18.3 Å². The van der Waals surface area contributed by atoms with Gasteiger partial charge in [0.1, 0.15) is 5.82 Å². The molecular formula is C17H21FN4O2. The van der Waals surface area contributed by atoms with Crippen LogP contribution < -0.4 is 5.32 Å². The molecule has 0 bridgehead atoms. The maximum Gasteiger partial charge on any atom is 0.323 e. The van der Waals surface area contributed by atoms with Crippen LogP contribution in [0.15, 0.2) is 30.3 Å². The molecule has 6 nitrogen and oxygen atoms in total. The van der Waals surface area contributed by atoms with Crippen molar-refractivity contribution in [1.82, 2.24) is 14.7 Å². The average Bonchev–Trinajstić information content (AvgIpc) is 2.91. The number of amides is 2. The molecule has 1 N–H and O–H groups in total. The van der Waals surface area contributed by atoms with Crippen LogP contribution in [0.4, 0.5) is 15.0 Å². The van der Waals surface area contributed by atoms with Gasteiger partial charge in [-0.05, 0) is 45.0 Å². The number of morpholine rings is 1. The normalized spacial score (nSPS) is 20.9. The summed E-state index contributed by atoms with van der Waals surface area (Å²) in [6.07, 6.45) is 0.00279. The van der Waals surface area contributed by atoms with E-state index in [0.29, 0.717) is 19.0 Å². The molecule has 1 fully saturated rings. The van der Waals surface area contributed by atoms with Crippen molar-refractivity contribution in [2.24, 2.45) is 0 Å². The Morgan fingerprint density at radius 2 is 2.04 bits per heavy atom. The molecule has 2 heterocycles. The lowest BCUT2D eigenvalue weighted by Crippen LogP contribution is -2.52. The van der Waals surface area contributed by atoms with Gasteiger partial charge in [0.15, 0.2) is 5.82 Å². The fraction of sp³-hybridized carbons (Fsp3) is 0.412. The maximum absolute atomic E-state index is 13.1. The first-order valence-corrected chi connectivity index (χ1v) is 7.97. The highest BCUT2D eigenvalue weighted by Crippen LogP contribution is 2.18. The van der Waals surface area contributed by atoms with Gasteiger partial charge < -0.3 is 9.64 Å². The Hall–Kier alpha value is -2.41. The molecule has 0 radical (unpaired) electrons. The molecule has 1 aromatic heterocycles. The fourth-order valence-electron chi connectivity index (χ4n) is 2.78. The molecule has 1 aromatic carbocycles. The largest absolute Gasteiger partial charge is 0.375 e. The summed E-state index contributed by atoms with van der Waals surface area (Å²) in [7, 11) is 0. The number of ether oxygens (including phenoxy) is 1. The zero-order valence-corrected chi connectivity index (χ0v) is 14.0. The number of rotatable bonds is 2. The third-order valence-electron chi connectivity index (χ3n) is 4.34. The Morgan fingerprint density at radius 1 is 1.33 bits per heavy atom. The van der Waals surface area contributed by atoms with Crippen LogP contribution in [0.25, 0.3) is 5.69 Å². The first-order valence-electron chi connectivity index (χ1n) is 7.97. The van der Waals surface area contributed by atoms with Gasteiger partial charge >= 0.3 is 6.03 Å². The van der Waals surface area contributed by atoms with Crippen molar-refractivity contribution < 1.29 is 13.9 Å². The second-order valence-electron chi connectivity index (χ2n) is 6.00. The SMILES string of the molecule is Cc1cc(NC(=O)N2CCO[C@H](C)[C@@H]2C)nn1-c1ccc(F)cc1. The molecule has 1 saturated heterocycles. The molecular weight excluding hydrogens is 311 g/mol. The molecule has 2 atom stereocenters. The summed E-state index contributed by atoms with van der Waals surface area (Å²) in [5.41, 5.74) is 1.59. The molecule has 3 rings (SSSR count). The van der Waals surface area contributed by atoms with Crippen LogP contribution in [-0.2, 0) is 4.74 Å². The van der Waals surface area contributed by atoms with E-state index in [0.717, 1.165) is 11.4 Å². The molecule has 0 saturated carbocycles. The number of carbonyl (C=O) groups excluding carboxylic acids is 1. The molecule has 7 heteroatoms. The highest BCUT2D eigenvalue weighted by molar-refractivity contribution is 5.88. The van der Waals surface area contributed by atoms with Gasteiger partial charge in [-0.1, -0.05) is 0 Å². The molecule has 24 heavy (non-hydrogen) atoms. The van der Waals surface area contributed by atoms with Crippen molar-refractivity contribution in [3.05, 3.63) is 41.8 Å². The number of urea groups is 1. The number of anilines is 1. The van der Waals surface area contributed by atoms with Crippen LogP contribution in [0.3, 0.4) is 0 Å². The number of hydrogen-bond donors (Lipinski definition) is 1. The van der Waals surface area contributed by atoms with Crippen LogP contribution in [0.2, 0.25) is 0 Å². The quantitative estimate of drug-likeness (QED) is 0.920. The van der Waals surface area contributed by atoms with Gasteiger partial charge in [0.2, 0.25) is 0 Å². The van der Waals surface area contributed by atoms with E-state index < -0.39 is 0 Å². The zero-order valence-electron chi connectivity index (χ0n) is 14.0. The minimum Gasteiger partial charge on any atom is -0.375 e. The number of carbonyl (C=O) groups is 1. The van der Waals surface area contributed by atoms with E-state index in [2.05, 4.69) is 10.4 Å². The Labute approximate surface area is 140 Å². The van der Waals surface area contributed by atoms with E-state index in [4.69, 9.17) is 4.74 Å². The Kier molecular flexibility index (Phi) is 4.53. The van der Waals surface area contributed by atoms with Crippen LogP contribution in [-0.4, -0.2) is 46.0 Å². The summed E-state index contributed by atoms with van der Waals surface area (Å²) < 4.78 is 20.3. The molecule has 0 spiro atoms. The van der Waals surface area contributed by atoms with Gasteiger partial charge in [-0.2, -0.15) is 0 Å². The second-order valence-corrected chi connectivity index (χ2v) is 6.00. The smallest absolute Gasteiger partial charge is 0.323 e. The summed E-state index contributed by atoms with van der Waals surface area (Å²) in [4.78, 5) is 14.2. The Balaban J connectivity index is 1.75. The van der Waals surface area contributed by atoms with Crippen molar-refractivity contribution in [2.75, 3.05) is 18.5 Å². The van der Waals surface area contributed by atoms with E-state index in [1.807, 2.05) is 20.8 Å². The standard InChI is InChI=1S/C17H21FN4O2/c1-11-10-16(20-22(11)15-6-4-14(18)5-7-15)19-17(23)21-8-9-24-13(3)12(21)2/h4-7,10,12-13H,8-9H2,1-3H3,(H,19,20,23)/t12-,13+/m0/s1. The summed E-state index contributed by atoms with van der Waals surface area (Å²) in [6.45, 7) is 6.88. The van der Waals surface area contributed by atoms with Crippen molar-refractivity contribution in [1.29, 1.82) is 0 Å². The predicted octanol–water partition coefficient (Wildman–Crippen LogP) is 2.96. The molecule has 0 unspecified atom stereocenters. The van der Waals surface area contributed by atoms with Crippen molar-refractivity contribution >= 4 is 11.8 Å². The van der Waals surface area contributed by atoms with E-state index in [1.165, 1.54) is 12.1 Å². The number of aromatic nitrogens is 2. The molecule has 2 aromatic rings. The maximum atomic E-state index is 13.1. The third-order valence-corrected chi connectivity index (χ3v) is 4.34. The summed E-state index contributed by atoms with van der Waals surface area (Å²) in [5, 5.41) is 7.22. The topological polar surface area (TPSA) is 59.4 Å². The average molecular weight is 332 g/mol. The first kappa shape index (κ1) is 16.4. The van der Waals surface area contributed by atoms with E-state index >= 15 is 0 Å². The summed E-state index contributed by atoms with van der Waals surface area (Å²) in [6, 6.07) is 7.65. The lowest BCUT2D eigenvalue weighted by Gasteiger charge is -2.37. The minimum atomic E-state index is -0.299. The van der Waals surface area contributed by atoms with Gasteiger partial charge in [-0.25, -0.2) is 13.9 Å². The van der Waals surface area contributed by atoms with E-state index in [9.17, 15) is 9.18 Å². The lowest BCUT2D eigenvalue weighted by atomic mass is 10.1. The molecule has 2 amide bonds. The van der Waals surface area contributed by atoms with Gasteiger partial charge in [-0.15, -0.1) is 5.10 Å². The Bertz CT molecular complexity index is 729. The number of nitrogens with zero attached hydrogens (tertiary/aromatic N) is 3. The first-order chi connectivity index (χ1) is 11.5. The highest BCUT2D eigenvalue weighted by atomic mass is 19.1. The summed E-state index contributed by atoms with van der Waals surface area (Å²) >= 11 is 0. The number of halogens is 1. The fourth-order valence-corrected chi connectivity index (χ4v) is 2.78. The third kappa shape index (κ3) is 3.26. The zero-order chi connectivity index (χ0) is 17.3. The van der Waals surface area contributed by atoms with Crippen LogP contribution in [0, 0.1) is 12.7 Å². The monoisotopic (exact) mass is 332 g/mol. The number of aryl methyl sites for hydroxylation is 1. The molecule has 1 aliphatic rings. The number of hydrogen-bond acceptors (Lipinski definition) is 3. The highest BCUT2D eigenvalue weighted by Gasteiger charge is 2.29. The second kappa shape index (κ2) is 6.60. The van der Waals surface area contributed by atoms with Crippen LogP contribution >= 0.6 is 0 Å². The molecule has 1 aliphatic heterocycles. The number of benzene rings is 1. The van der Waals surface area contributed by atoms with Crippen molar-refractivity contribution in [3.8, 4) is 5.69 Å². The van der Waals surface area contributed by atoms with E-state index in [1.54, 1.807) is 27.8 Å². The minimum absolute atomic E-state index is 0.000897. The number of nitrogens with one attached hydrogen (secondary N) is 1. The van der Waals surface area contributed by atoms with Crippen molar-refractivity contribution in [2.45, 2.75) is 32.9 Å². The lowest BCUT2D eigenvalue weighted by molar-refractivity contribution is -0.0355.